The van der Waals surface area contributed by atoms with Crippen molar-refractivity contribution in [2.75, 3.05) is 39.6 Å². The first-order chi connectivity index (χ1) is 11.2. The highest BCUT2D eigenvalue weighted by molar-refractivity contribution is 5.95. The number of hydrogen-bond donors (Lipinski definition) is 2. The highest BCUT2D eigenvalue weighted by atomic mass is 16.6. The molecular weight excluding hydrogens is 296 g/mol. The quantitative estimate of drug-likeness (QED) is 0.842. The van der Waals surface area contributed by atoms with E-state index in [0.717, 1.165) is 5.39 Å². The molecular formula is C17H26N2O4. The monoisotopic (exact) mass is 322 g/mol. The van der Waals surface area contributed by atoms with Gasteiger partial charge in [-0.05, 0) is 32.9 Å². The van der Waals surface area contributed by atoms with E-state index in [1.54, 1.807) is 26.4 Å². The van der Waals surface area contributed by atoms with Gasteiger partial charge in [0.15, 0.2) is 17.1 Å². The zero-order chi connectivity index (χ0) is 16.7. The van der Waals surface area contributed by atoms with E-state index in [-0.39, 0.29) is 0 Å². The Hall–Kier alpha value is -2.08. The van der Waals surface area contributed by atoms with Gasteiger partial charge >= 0.3 is 0 Å². The van der Waals surface area contributed by atoms with Crippen molar-refractivity contribution in [3.8, 4) is 17.4 Å². The van der Waals surface area contributed by atoms with Crippen molar-refractivity contribution in [1.82, 2.24) is 5.32 Å². The van der Waals surface area contributed by atoms with Gasteiger partial charge in [-0.3, -0.25) is 0 Å². The molecule has 1 aliphatic rings. The molecule has 0 aliphatic carbocycles. The summed E-state index contributed by atoms with van der Waals surface area (Å²) in [5, 5.41) is 4.03. The molecule has 0 spiro atoms. The highest BCUT2D eigenvalue weighted by Gasteiger charge is 2.17. The van der Waals surface area contributed by atoms with Crippen LogP contribution in [0.4, 0.5) is 5.69 Å². The lowest BCUT2D eigenvalue weighted by molar-refractivity contribution is 0.263. The summed E-state index contributed by atoms with van der Waals surface area (Å²) in [5.74, 6) is 1.55. The number of rotatable bonds is 4. The number of anilines is 1. The van der Waals surface area contributed by atoms with Gasteiger partial charge in [-0.2, -0.15) is 0 Å². The van der Waals surface area contributed by atoms with E-state index in [0.29, 0.717) is 35.3 Å². The van der Waals surface area contributed by atoms with E-state index < -0.39 is 0 Å². The smallest absolute Gasteiger partial charge is 0.285 e. The Morgan fingerprint density at radius 2 is 1.87 bits per heavy atom. The Morgan fingerprint density at radius 3 is 2.35 bits per heavy atom. The molecule has 0 radical (unpaired) electrons. The Bertz CT molecular complexity index is 609. The van der Waals surface area contributed by atoms with Gasteiger partial charge in [0.05, 0.1) is 31.9 Å². The van der Waals surface area contributed by atoms with Crippen molar-refractivity contribution >= 4 is 16.7 Å². The second kappa shape index (κ2) is 8.53. The second-order valence-corrected chi connectivity index (χ2v) is 5.25. The van der Waals surface area contributed by atoms with Crippen LogP contribution in [0.1, 0.15) is 26.2 Å². The molecule has 1 fully saturated rings. The molecule has 1 aliphatic heterocycles. The summed E-state index contributed by atoms with van der Waals surface area (Å²) >= 11 is 0. The molecule has 0 amide bonds. The number of benzene rings is 1. The molecule has 2 aromatic rings. The Morgan fingerprint density at radius 1 is 1.13 bits per heavy atom. The molecule has 3 rings (SSSR count). The summed E-state index contributed by atoms with van der Waals surface area (Å²) in [6, 6.07) is 3.41. The van der Waals surface area contributed by atoms with Crippen molar-refractivity contribution in [2.45, 2.75) is 26.2 Å². The first-order valence-electron chi connectivity index (χ1n) is 7.98. The van der Waals surface area contributed by atoms with Gasteiger partial charge in [-0.15, -0.1) is 0 Å². The zero-order valence-corrected chi connectivity index (χ0v) is 14.1. The van der Waals surface area contributed by atoms with E-state index in [1.165, 1.54) is 32.4 Å². The predicted molar refractivity (Wildman–Crippen MR) is 91.6 cm³/mol. The number of fused-ring (bicyclic) bond motifs is 1. The first-order valence-corrected chi connectivity index (χ1v) is 7.98. The maximum Gasteiger partial charge on any atom is 0.285 e. The number of piperidine rings is 1. The predicted octanol–water partition coefficient (Wildman–Crippen LogP) is 3.19. The van der Waals surface area contributed by atoms with Crippen molar-refractivity contribution in [2.24, 2.45) is 0 Å². The van der Waals surface area contributed by atoms with Crippen LogP contribution in [-0.2, 0) is 0 Å². The molecule has 1 aromatic carbocycles. The average molecular weight is 322 g/mol. The summed E-state index contributed by atoms with van der Waals surface area (Å²) in [6.45, 7) is 4.91. The van der Waals surface area contributed by atoms with Gasteiger partial charge < -0.3 is 29.7 Å². The van der Waals surface area contributed by atoms with Crippen LogP contribution in [0.25, 0.3) is 11.0 Å². The van der Waals surface area contributed by atoms with Crippen LogP contribution in [0.2, 0.25) is 0 Å². The molecule has 2 heterocycles. The Labute approximate surface area is 136 Å². The maximum absolute atomic E-state index is 5.87. The number of nitrogens with one attached hydrogen (secondary N) is 1. The van der Waals surface area contributed by atoms with Crippen LogP contribution in [-0.4, -0.2) is 33.9 Å². The fraction of sp³-hybridized carbons (Fsp3) is 0.529. The fourth-order valence-electron chi connectivity index (χ4n) is 2.54. The van der Waals surface area contributed by atoms with Gasteiger partial charge in [-0.1, -0.05) is 6.42 Å². The number of nitrogens with two attached hydrogens (primary N) is 1. The summed E-state index contributed by atoms with van der Waals surface area (Å²) in [5.41, 5.74) is 6.94. The Kier molecular flexibility index (Phi) is 6.40. The lowest BCUT2D eigenvalue weighted by atomic mass is 10.2. The van der Waals surface area contributed by atoms with Gasteiger partial charge in [0.25, 0.3) is 5.95 Å². The van der Waals surface area contributed by atoms with Crippen LogP contribution < -0.4 is 25.3 Å². The highest BCUT2D eigenvalue weighted by Crippen LogP contribution is 2.42. The lowest BCUT2D eigenvalue weighted by Gasteiger charge is -2.08. The van der Waals surface area contributed by atoms with Crippen molar-refractivity contribution in [3.05, 3.63) is 12.1 Å². The minimum absolute atomic E-state index is 0.421. The molecule has 128 valence electrons. The van der Waals surface area contributed by atoms with E-state index in [2.05, 4.69) is 5.32 Å². The topological polar surface area (TPSA) is 78.9 Å². The van der Waals surface area contributed by atoms with E-state index >= 15 is 0 Å². The molecule has 1 saturated heterocycles. The third-order valence-electron chi connectivity index (χ3n) is 3.64. The van der Waals surface area contributed by atoms with Crippen LogP contribution in [0.15, 0.2) is 16.5 Å². The molecule has 23 heavy (non-hydrogen) atoms. The van der Waals surface area contributed by atoms with Crippen molar-refractivity contribution in [1.29, 1.82) is 0 Å². The van der Waals surface area contributed by atoms with Gasteiger partial charge in [0.1, 0.15) is 0 Å². The van der Waals surface area contributed by atoms with Crippen LogP contribution >= 0.6 is 0 Å². The minimum atomic E-state index is 0.421. The molecule has 0 unspecified atom stereocenters. The maximum atomic E-state index is 5.87. The average Bonchev–Trinajstić information content (AvgIpc) is 3.00. The van der Waals surface area contributed by atoms with Crippen molar-refractivity contribution < 1.29 is 18.6 Å². The normalized spacial score (nSPS) is 14.0. The minimum Gasteiger partial charge on any atom is -0.494 e. The summed E-state index contributed by atoms with van der Waals surface area (Å²) < 4.78 is 21.3. The number of hydrogen-bond acceptors (Lipinski definition) is 6. The van der Waals surface area contributed by atoms with E-state index in [4.69, 9.17) is 24.4 Å². The summed E-state index contributed by atoms with van der Waals surface area (Å²) in [6.07, 6.45) is 4.22. The van der Waals surface area contributed by atoms with E-state index in [9.17, 15) is 0 Å². The number of furan rings is 1. The standard InChI is InChI=1S/C12H15NO4.C5H11N/c1-4-16-10-5-7-11(15-3)8(13)6-9(14-2)12(7)17-10;1-2-4-6-5-3-1/h5-6H,4,13H2,1-3H3;6H,1-5H2. The van der Waals surface area contributed by atoms with Gasteiger partial charge in [-0.25, -0.2) is 0 Å². The molecule has 0 bridgehead atoms. The number of methoxy groups -OCH3 is 2. The number of nitrogen functional groups attached to an aromatic ring is 1. The largest absolute Gasteiger partial charge is 0.494 e. The van der Waals surface area contributed by atoms with Crippen LogP contribution in [0, 0.1) is 0 Å². The third-order valence-corrected chi connectivity index (χ3v) is 3.64. The SMILES string of the molecule is C1CCNCC1.CCOc1cc2c(OC)c(N)cc(OC)c2o1. The van der Waals surface area contributed by atoms with Gasteiger partial charge in [0.2, 0.25) is 0 Å². The molecule has 1 aromatic heterocycles. The summed E-state index contributed by atoms with van der Waals surface area (Å²) in [7, 11) is 3.12. The fourth-order valence-corrected chi connectivity index (χ4v) is 2.54. The number of ether oxygens (including phenoxy) is 3. The molecule has 6 nitrogen and oxygen atoms in total. The first kappa shape index (κ1) is 17.3. The lowest BCUT2D eigenvalue weighted by Crippen LogP contribution is -2.21. The molecule has 3 N–H and O–H groups in total. The van der Waals surface area contributed by atoms with Gasteiger partial charge in [0, 0.05) is 12.1 Å². The summed E-state index contributed by atoms with van der Waals surface area (Å²) in [4.78, 5) is 0. The molecule has 6 heteroatoms. The van der Waals surface area contributed by atoms with Crippen LogP contribution in [0.3, 0.4) is 0 Å². The zero-order valence-electron chi connectivity index (χ0n) is 14.1. The second-order valence-electron chi connectivity index (χ2n) is 5.25. The van der Waals surface area contributed by atoms with Crippen LogP contribution in [0.5, 0.6) is 17.4 Å². The third kappa shape index (κ3) is 4.22. The van der Waals surface area contributed by atoms with Crippen molar-refractivity contribution in [3.63, 3.8) is 0 Å². The Balaban J connectivity index is 0.000000268. The van der Waals surface area contributed by atoms with E-state index in [1.807, 2.05) is 6.92 Å². The molecule has 0 saturated carbocycles. The molecule has 0 atom stereocenters.